The molecule has 1 heterocycles. The molecule has 1 aromatic carbocycles. The lowest BCUT2D eigenvalue weighted by molar-refractivity contribution is 0.0760. The maximum absolute atomic E-state index is 13.4. The standard InChI is InChI=1S/C18H29FN2/c1-13-10-14(2)15(3)21(12-13)9-8-18(20-4)16-6-5-7-17(19)11-16/h5-7,11,13-15,18,20H,8-10,12H2,1-4H3. The van der Waals surface area contributed by atoms with Crippen molar-refractivity contribution >= 4 is 0 Å². The summed E-state index contributed by atoms with van der Waals surface area (Å²) in [6.07, 6.45) is 2.35. The quantitative estimate of drug-likeness (QED) is 0.887. The predicted molar refractivity (Wildman–Crippen MR) is 86.8 cm³/mol. The molecule has 2 nitrogen and oxygen atoms in total. The molecule has 2 rings (SSSR count). The van der Waals surface area contributed by atoms with Crippen LogP contribution < -0.4 is 5.32 Å². The molecule has 0 amide bonds. The monoisotopic (exact) mass is 292 g/mol. The number of nitrogens with one attached hydrogen (secondary N) is 1. The summed E-state index contributed by atoms with van der Waals surface area (Å²) in [6.45, 7) is 9.29. The van der Waals surface area contributed by atoms with Crippen molar-refractivity contribution in [3.8, 4) is 0 Å². The third-order valence-corrected chi connectivity index (χ3v) is 5.02. The SMILES string of the molecule is CNC(CCN1CC(C)CC(C)C1C)c1cccc(F)c1. The zero-order chi connectivity index (χ0) is 15.4. The Morgan fingerprint density at radius 1 is 1.33 bits per heavy atom. The Hall–Kier alpha value is -0.930. The molecule has 0 radical (unpaired) electrons. The van der Waals surface area contributed by atoms with E-state index in [1.807, 2.05) is 13.1 Å². The number of piperidine rings is 1. The molecule has 1 aliphatic rings. The molecule has 1 aromatic rings. The molecule has 1 saturated heterocycles. The van der Waals surface area contributed by atoms with Gasteiger partial charge in [-0.25, -0.2) is 4.39 Å². The van der Waals surface area contributed by atoms with Crippen molar-refractivity contribution in [3.63, 3.8) is 0 Å². The van der Waals surface area contributed by atoms with Crippen LogP contribution in [0.5, 0.6) is 0 Å². The third-order valence-electron chi connectivity index (χ3n) is 5.02. The summed E-state index contributed by atoms with van der Waals surface area (Å²) in [4.78, 5) is 2.60. The highest BCUT2D eigenvalue weighted by atomic mass is 19.1. The van der Waals surface area contributed by atoms with E-state index in [0.717, 1.165) is 30.4 Å². The van der Waals surface area contributed by atoms with Crippen LogP contribution in [0.3, 0.4) is 0 Å². The summed E-state index contributed by atoms with van der Waals surface area (Å²) >= 11 is 0. The fourth-order valence-corrected chi connectivity index (χ4v) is 3.62. The average molecular weight is 292 g/mol. The van der Waals surface area contributed by atoms with Crippen LogP contribution in [0.1, 0.15) is 45.2 Å². The second kappa shape index (κ2) is 7.37. The molecule has 3 heteroatoms. The molecule has 0 aromatic heterocycles. The third kappa shape index (κ3) is 4.27. The van der Waals surface area contributed by atoms with Gasteiger partial charge < -0.3 is 10.2 Å². The zero-order valence-corrected chi connectivity index (χ0v) is 13.8. The first-order valence-electron chi connectivity index (χ1n) is 8.18. The van der Waals surface area contributed by atoms with Crippen LogP contribution in [-0.2, 0) is 0 Å². The number of halogens is 1. The van der Waals surface area contributed by atoms with Crippen LogP contribution in [0, 0.1) is 17.7 Å². The van der Waals surface area contributed by atoms with Crippen molar-refractivity contribution < 1.29 is 4.39 Å². The average Bonchev–Trinajstić information content (AvgIpc) is 2.44. The van der Waals surface area contributed by atoms with Crippen LogP contribution in [0.2, 0.25) is 0 Å². The van der Waals surface area contributed by atoms with E-state index in [4.69, 9.17) is 0 Å². The number of rotatable bonds is 5. The summed E-state index contributed by atoms with van der Waals surface area (Å²) < 4.78 is 13.4. The van der Waals surface area contributed by atoms with Crippen LogP contribution in [0.15, 0.2) is 24.3 Å². The minimum absolute atomic E-state index is 0.152. The Morgan fingerprint density at radius 3 is 2.76 bits per heavy atom. The molecule has 0 bridgehead atoms. The van der Waals surface area contributed by atoms with E-state index in [0.29, 0.717) is 6.04 Å². The van der Waals surface area contributed by atoms with E-state index >= 15 is 0 Å². The summed E-state index contributed by atoms with van der Waals surface area (Å²) in [5.41, 5.74) is 1.04. The van der Waals surface area contributed by atoms with Gasteiger partial charge in [0.25, 0.3) is 0 Å². The molecular weight excluding hydrogens is 263 g/mol. The summed E-state index contributed by atoms with van der Waals surface area (Å²) in [5.74, 6) is 1.38. The first-order chi connectivity index (χ1) is 10.0. The van der Waals surface area contributed by atoms with Crippen LogP contribution >= 0.6 is 0 Å². The van der Waals surface area contributed by atoms with E-state index in [9.17, 15) is 4.39 Å². The number of likely N-dealkylation sites (tertiary alicyclic amines) is 1. The van der Waals surface area contributed by atoms with Crippen LogP contribution in [-0.4, -0.2) is 31.1 Å². The van der Waals surface area contributed by atoms with Crippen LogP contribution in [0.25, 0.3) is 0 Å². The number of hydrogen-bond donors (Lipinski definition) is 1. The van der Waals surface area contributed by atoms with Crippen molar-refractivity contribution in [2.45, 2.75) is 45.7 Å². The molecule has 1 aliphatic heterocycles. The largest absolute Gasteiger partial charge is 0.313 e. The fraction of sp³-hybridized carbons (Fsp3) is 0.667. The fourth-order valence-electron chi connectivity index (χ4n) is 3.62. The first-order valence-corrected chi connectivity index (χ1v) is 8.18. The second-order valence-corrected chi connectivity index (χ2v) is 6.74. The highest BCUT2D eigenvalue weighted by Crippen LogP contribution is 2.28. The maximum atomic E-state index is 13.4. The molecular formula is C18H29FN2. The van der Waals surface area contributed by atoms with Gasteiger partial charge in [0.15, 0.2) is 0 Å². The first kappa shape index (κ1) is 16.4. The van der Waals surface area contributed by atoms with Gasteiger partial charge >= 0.3 is 0 Å². The number of hydrogen-bond acceptors (Lipinski definition) is 2. The van der Waals surface area contributed by atoms with E-state index in [-0.39, 0.29) is 11.9 Å². The molecule has 4 atom stereocenters. The Labute approximate surface area is 128 Å². The van der Waals surface area contributed by atoms with Gasteiger partial charge in [0.1, 0.15) is 5.82 Å². The molecule has 0 spiro atoms. The van der Waals surface area contributed by atoms with Gasteiger partial charge in [-0.3, -0.25) is 0 Å². The number of nitrogens with zero attached hydrogens (tertiary/aromatic N) is 1. The van der Waals surface area contributed by atoms with E-state index in [1.165, 1.54) is 19.0 Å². The van der Waals surface area contributed by atoms with E-state index < -0.39 is 0 Å². The highest BCUT2D eigenvalue weighted by Gasteiger charge is 2.28. The summed E-state index contributed by atoms with van der Waals surface area (Å²) in [5, 5.41) is 3.33. The minimum atomic E-state index is -0.152. The van der Waals surface area contributed by atoms with Crippen LogP contribution in [0.4, 0.5) is 4.39 Å². The van der Waals surface area contributed by atoms with Gasteiger partial charge in [0, 0.05) is 25.2 Å². The van der Waals surface area contributed by atoms with Crippen molar-refractivity contribution in [1.29, 1.82) is 0 Å². The Balaban J connectivity index is 1.96. The molecule has 0 saturated carbocycles. The summed E-state index contributed by atoms with van der Waals surface area (Å²) in [6, 6.07) is 7.82. The molecule has 118 valence electrons. The maximum Gasteiger partial charge on any atom is 0.123 e. The van der Waals surface area contributed by atoms with Crippen molar-refractivity contribution in [3.05, 3.63) is 35.6 Å². The zero-order valence-electron chi connectivity index (χ0n) is 13.8. The molecule has 0 aliphatic carbocycles. The summed E-state index contributed by atoms with van der Waals surface area (Å²) in [7, 11) is 1.96. The van der Waals surface area contributed by atoms with Gasteiger partial charge in [-0.05, 0) is 56.3 Å². The molecule has 1 fully saturated rings. The minimum Gasteiger partial charge on any atom is -0.313 e. The Bertz CT molecular complexity index is 449. The smallest absolute Gasteiger partial charge is 0.123 e. The highest BCUT2D eigenvalue weighted by molar-refractivity contribution is 5.20. The van der Waals surface area contributed by atoms with Gasteiger partial charge in [0.05, 0.1) is 0 Å². The van der Waals surface area contributed by atoms with Crippen molar-refractivity contribution in [2.24, 2.45) is 11.8 Å². The van der Waals surface area contributed by atoms with Gasteiger partial charge in [-0.1, -0.05) is 26.0 Å². The normalized spacial score (nSPS) is 28.5. The van der Waals surface area contributed by atoms with Gasteiger partial charge in [-0.15, -0.1) is 0 Å². The lowest BCUT2D eigenvalue weighted by atomic mass is 9.85. The Kier molecular flexibility index (Phi) is 5.77. The topological polar surface area (TPSA) is 15.3 Å². The molecule has 21 heavy (non-hydrogen) atoms. The molecule has 4 unspecified atom stereocenters. The Morgan fingerprint density at radius 2 is 2.10 bits per heavy atom. The predicted octanol–water partition coefficient (Wildman–Crippen LogP) is 3.84. The van der Waals surface area contributed by atoms with Crippen molar-refractivity contribution in [1.82, 2.24) is 10.2 Å². The lowest BCUT2D eigenvalue weighted by Crippen LogP contribution is -2.46. The van der Waals surface area contributed by atoms with Gasteiger partial charge in [-0.2, -0.15) is 0 Å². The number of benzene rings is 1. The second-order valence-electron chi connectivity index (χ2n) is 6.74. The van der Waals surface area contributed by atoms with Crippen molar-refractivity contribution in [2.75, 3.05) is 20.1 Å². The van der Waals surface area contributed by atoms with E-state index in [1.54, 1.807) is 12.1 Å². The lowest BCUT2D eigenvalue weighted by Gasteiger charge is -2.41. The van der Waals surface area contributed by atoms with Gasteiger partial charge in [0.2, 0.25) is 0 Å². The molecule has 1 N–H and O–H groups in total. The van der Waals surface area contributed by atoms with E-state index in [2.05, 4.69) is 31.0 Å².